The molecule has 1 aromatic heterocycles. The van der Waals surface area contributed by atoms with Crippen LogP contribution in [-0.2, 0) is 0 Å². The van der Waals surface area contributed by atoms with Crippen LogP contribution >= 0.6 is 11.6 Å². The van der Waals surface area contributed by atoms with Gasteiger partial charge in [-0.2, -0.15) is 5.10 Å². The molecule has 0 saturated carbocycles. The molecular formula is C13H16ClN3. The minimum Gasteiger partial charge on any atom is -0.330 e. The highest BCUT2D eigenvalue weighted by Crippen LogP contribution is 2.20. The van der Waals surface area contributed by atoms with E-state index in [1.165, 1.54) is 5.56 Å². The molecule has 0 spiro atoms. The molecule has 17 heavy (non-hydrogen) atoms. The van der Waals surface area contributed by atoms with E-state index in [0.717, 1.165) is 18.7 Å². The Bertz CT molecular complexity index is 476. The first-order chi connectivity index (χ1) is 8.20. The summed E-state index contributed by atoms with van der Waals surface area (Å²) in [5.74, 6) is 0.496. The van der Waals surface area contributed by atoms with E-state index in [-0.39, 0.29) is 0 Å². The van der Waals surface area contributed by atoms with Crippen LogP contribution < -0.4 is 5.73 Å². The van der Waals surface area contributed by atoms with Gasteiger partial charge in [-0.1, -0.05) is 30.7 Å². The number of halogens is 1. The number of nitrogens with zero attached hydrogens (tertiary/aromatic N) is 2. The SMILES string of the molecule is CC(CCN)c1ccc(-n2cc(Cl)cn2)cc1. The van der Waals surface area contributed by atoms with Crippen LogP contribution in [0.4, 0.5) is 0 Å². The molecule has 4 heteroatoms. The average molecular weight is 250 g/mol. The first-order valence-corrected chi connectivity index (χ1v) is 6.09. The van der Waals surface area contributed by atoms with Gasteiger partial charge in [0.05, 0.1) is 16.9 Å². The van der Waals surface area contributed by atoms with Gasteiger partial charge in [-0.15, -0.1) is 0 Å². The van der Waals surface area contributed by atoms with E-state index in [4.69, 9.17) is 17.3 Å². The number of aromatic nitrogens is 2. The van der Waals surface area contributed by atoms with Crippen molar-refractivity contribution in [2.45, 2.75) is 19.3 Å². The lowest BCUT2D eigenvalue weighted by molar-refractivity contribution is 0.690. The monoisotopic (exact) mass is 249 g/mol. The molecule has 2 N–H and O–H groups in total. The lowest BCUT2D eigenvalue weighted by Gasteiger charge is -2.11. The number of hydrogen-bond donors (Lipinski definition) is 1. The van der Waals surface area contributed by atoms with Gasteiger partial charge in [0.25, 0.3) is 0 Å². The number of hydrogen-bond acceptors (Lipinski definition) is 2. The van der Waals surface area contributed by atoms with Crippen LogP contribution in [0, 0.1) is 0 Å². The third-order valence-corrected chi connectivity index (χ3v) is 3.07. The minimum absolute atomic E-state index is 0.496. The number of rotatable bonds is 4. The molecule has 1 heterocycles. The van der Waals surface area contributed by atoms with Crippen molar-refractivity contribution in [2.75, 3.05) is 6.54 Å². The Morgan fingerprint density at radius 1 is 1.35 bits per heavy atom. The molecule has 3 nitrogen and oxygen atoms in total. The van der Waals surface area contributed by atoms with Gasteiger partial charge in [-0.3, -0.25) is 0 Å². The first-order valence-electron chi connectivity index (χ1n) is 5.71. The smallest absolute Gasteiger partial charge is 0.0790 e. The molecule has 0 aliphatic heterocycles. The fourth-order valence-electron chi connectivity index (χ4n) is 1.81. The zero-order valence-corrected chi connectivity index (χ0v) is 10.6. The standard InChI is InChI=1S/C13H16ClN3/c1-10(6-7-15)11-2-4-13(5-3-11)17-9-12(14)8-16-17/h2-5,8-10H,6-7,15H2,1H3. The van der Waals surface area contributed by atoms with Gasteiger partial charge in [0.1, 0.15) is 0 Å². The van der Waals surface area contributed by atoms with Crippen LogP contribution in [0.1, 0.15) is 24.8 Å². The van der Waals surface area contributed by atoms with E-state index in [1.807, 2.05) is 12.1 Å². The van der Waals surface area contributed by atoms with E-state index in [0.29, 0.717) is 10.9 Å². The Labute approximate surface area is 106 Å². The lowest BCUT2D eigenvalue weighted by Crippen LogP contribution is -2.04. The number of nitrogens with two attached hydrogens (primary N) is 1. The molecule has 2 rings (SSSR count). The minimum atomic E-state index is 0.496. The van der Waals surface area contributed by atoms with Crippen LogP contribution in [0.5, 0.6) is 0 Å². The van der Waals surface area contributed by atoms with E-state index < -0.39 is 0 Å². The molecule has 0 saturated heterocycles. The van der Waals surface area contributed by atoms with Crippen LogP contribution in [0.25, 0.3) is 5.69 Å². The molecule has 1 aromatic carbocycles. The third-order valence-electron chi connectivity index (χ3n) is 2.88. The van der Waals surface area contributed by atoms with E-state index in [2.05, 4.69) is 24.2 Å². The van der Waals surface area contributed by atoms with Crippen molar-refractivity contribution in [3.8, 4) is 5.69 Å². The third kappa shape index (κ3) is 2.87. The fraction of sp³-hybridized carbons (Fsp3) is 0.308. The zero-order chi connectivity index (χ0) is 12.3. The second kappa shape index (κ2) is 5.34. The Kier molecular flexibility index (Phi) is 3.82. The maximum Gasteiger partial charge on any atom is 0.0790 e. The number of benzene rings is 1. The summed E-state index contributed by atoms with van der Waals surface area (Å²) in [4.78, 5) is 0. The summed E-state index contributed by atoms with van der Waals surface area (Å²) in [6, 6.07) is 8.33. The average Bonchev–Trinajstić information content (AvgIpc) is 2.76. The topological polar surface area (TPSA) is 43.8 Å². The molecule has 1 atom stereocenters. The van der Waals surface area contributed by atoms with E-state index in [1.54, 1.807) is 17.1 Å². The maximum absolute atomic E-state index is 5.84. The second-order valence-corrected chi connectivity index (χ2v) is 4.61. The largest absolute Gasteiger partial charge is 0.330 e. The summed E-state index contributed by atoms with van der Waals surface area (Å²) < 4.78 is 1.76. The van der Waals surface area contributed by atoms with Crippen molar-refractivity contribution in [3.05, 3.63) is 47.2 Å². The van der Waals surface area contributed by atoms with Gasteiger partial charge in [0.2, 0.25) is 0 Å². The molecule has 0 aliphatic carbocycles. The predicted octanol–water partition coefficient (Wildman–Crippen LogP) is 2.98. The quantitative estimate of drug-likeness (QED) is 0.905. The van der Waals surface area contributed by atoms with E-state index in [9.17, 15) is 0 Å². The lowest BCUT2D eigenvalue weighted by atomic mass is 9.98. The Balaban J connectivity index is 2.18. The molecule has 0 amide bonds. The molecule has 0 fully saturated rings. The molecule has 0 aliphatic rings. The highest BCUT2D eigenvalue weighted by atomic mass is 35.5. The van der Waals surface area contributed by atoms with Gasteiger partial charge >= 0.3 is 0 Å². The van der Waals surface area contributed by atoms with Crippen molar-refractivity contribution < 1.29 is 0 Å². The molecule has 90 valence electrons. The van der Waals surface area contributed by atoms with Gasteiger partial charge in [-0.25, -0.2) is 4.68 Å². The van der Waals surface area contributed by atoms with Crippen LogP contribution in [-0.4, -0.2) is 16.3 Å². The Morgan fingerprint density at radius 2 is 2.06 bits per heavy atom. The van der Waals surface area contributed by atoms with Gasteiger partial charge in [0.15, 0.2) is 0 Å². The fourth-order valence-corrected chi connectivity index (χ4v) is 1.95. The summed E-state index contributed by atoms with van der Waals surface area (Å²) in [5.41, 5.74) is 7.88. The summed E-state index contributed by atoms with van der Waals surface area (Å²) in [6.07, 6.45) is 4.43. The zero-order valence-electron chi connectivity index (χ0n) is 9.81. The highest BCUT2D eigenvalue weighted by Gasteiger charge is 2.05. The first kappa shape index (κ1) is 12.1. The van der Waals surface area contributed by atoms with E-state index >= 15 is 0 Å². The van der Waals surface area contributed by atoms with Crippen molar-refractivity contribution in [1.82, 2.24) is 9.78 Å². The second-order valence-electron chi connectivity index (χ2n) is 4.17. The van der Waals surface area contributed by atoms with Gasteiger partial charge in [-0.05, 0) is 36.6 Å². The van der Waals surface area contributed by atoms with Crippen LogP contribution in [0.3, 0.4) is 0 Å². The van der Waals surface area contributed by atoms with Crippen molar-refractivity contribution in [1.29, 1.82) is 0 Å². The normalized spacial score (nSPS) is 12.6. The summed E-state index contributed by atoms with van der Waals surface area (Å²) in [6.45, 7) is 2.91. The molecule has 2 aromatic rings. The molecular weight excluding hydrogens is 234 g/mol. The predicted molar refractivity (Wildman–Crippen MR) is 70.7 cm³/mol. The highest BCUT2D eigenvalue weighted by molar-refractivity contribution is 6.30. The van der Waals surface area contributed by atoms with Crippen LogP contribution in [0.2, 0.25) is 5.02 Å². The summed E-state index contributed by atoms with van der Waals surface area (Å²) >= 11 is 5.84. The Morgan fingerprint density at radius 3 is 2.59 bits per heavy atom. The Hall–Kier alpha value is -1.32. The van der Waals surface area contributed by atoms with Crippen molar-refractivity contribution in [3.63, 3.8) is 0 Å². The van der Waals surface area contributed by atoms with Crippen molar-refractivity contribution >= 4 is 11.6 Å². The summed E-state index contributed by atoms with van der Waals surface area (Å²) in [7, 11) is 0. The van der Waals surface area contributed by atoms with Gasteiger partial charge in [0, 0.05) is 6.20 Å². The maximum atomic E-state index is 5.84. The van der Waals surface area contributed by atoms with Crippen LogP contribution in [0.15, 0.2) is 36.7 Å². The van der Waals surface area contributed by atoms with Gasteiger partial charge < -0.3 is 5.73 Å². The molecule has 0 bridgehead atoms. The molecule has 0 radical (unpaired) electrons. The van der Waals surface area contributed by atoms with Crippen molar-refractivity contribution in [2.24, 2.45) is 5.73 Å². The molecule has 1 unspecified atom stereocenters. The summed E-state index contributed by atoms with van der Waals surface area (Å²) in [5, 5.41) is 4.81.